The Balaban J connectivity index is 1.46. The van der Waals surface area contributed by atoms with Crippen molar-refractivity contribution in [3.8, 4) is 5.69 Å². The minimum atomic E-state index is -0.343. The molecule has 0 bridgehead atoms. The minimum Gasteiger partial charge on any atom is -0.344 e. The van der Waals surface area contributed by atoms with Crippen molar-refractivity contribution in [2.45, 2.75) is 11.2 Å². The van der Waals surface area contributed by atoms with Gasteiger partial charge in [0.15, 0.2) is 5.16 Å². The molecule has 1 N–H and O–H groups in total. The van der Waals surface area contributed by atoms with Gasteiger partial charge in [-0.15, -0.1) is 21.5 Å². The standard InChI is InChI=1S/C21H16ClFN4OS2/c22-15-3-1-4-17(11-15)27-13-24-26-21(27)30-12-19(28)25-20(18-5-2-10-29-18)14-6-8-16(23)9-7-14/h1-11,13,20H,12H2,(H,25,28)/t20-/m0/s1. The van der Waals surface area contributed by atoms with Crippen molar-refractivity contribution in [3.63, 3.8) is 0 Å². The number of nitrogens with zero attached hydrogens (tertiary/aromatic N) is 3. The fourth-order valence-electron chi connectivity index (χ4n) is 2.89. The van der Waals surface area contributed by atoms with Crippen LogP contribution in [0, 0.1) is 5.82 Å². The average Bonchev–Trinajstić information content (AvgIpc) is 3.43. The van der Waals surface area contributed by atoms with Crippen molar-refractivity contribution in [2.24, 2.45) is 0 Å². The third-order valence-electron chi connectivity index (χ3n) is 4.27. The van der Waals surface area contributed by atoms with Crippen LogP contribution in [-0.4, -0.2) is 26.4 Å². The molecule has 0 aliphatic rings. The van der Waals surface area contributed by atoms with Gasteiger partial charge in [0.1, 0.15) is 12.1 Å². The molecule has 0 aliphatic heterocycles. The molecule has 2 aromatic carbocycles. The van der Waals surface area contributed by atoms with E-state index in [0.29, 0.717) is 10.2 Å². The molecule has 1 amide bonds. The first-order valence-electron chi connectivity index (χ1n) is 8.97. The van der Waals surface area contributed by atoms with Crippen molar-refractivity contribution in [1.29, 1.82) is 0 Å². The number of halogens is 2. The summed E-state index contributed by atoms with van der Waals surface area (Å²) in [6.07, 6.45) is 1.58. The number of nitrogens with one attached hydrogen (secondary N) is 1. The molecule has 0 saturated carbocycles. The van der Waals surface area contributed by atoms with E-state index in [1.165, 1.54) is 35.2 Å². The molecule has 0 unspecified atom stereocenters. The molecule has 0 radical (unpaired) electrons. The topological polar surface area (TPSA) is 59.8 Å². The fraction of sp³-hybridized carbons (Fsp3) is 0.0952. The first kappa shape index (κ1) is 20.6. The summed E-state index contributed by atoms with van der Waals surface area (Å²) < 4.78 is 15.1. The van der Waals surface area contributed by atoms with E-state index in [-0.39, 0.29) is 23.5 Å². The molecular weight excluding hydrogens is 443 g/mol. The van der Waals surface area contributed by atoms with Crippen LogP contribution < -0.4 is 5.32 Å². The third kappa shape index (κ3) is 4.89. The summed E-state index contributed by atoms with van der Waals surface area (Å²) in [5.74, 6) is -0.322. The Bertz CT molecular complexity index is 1130. The van der Waals surface area contributed by atoms with E-state index in [0.717, 1.165) is 16.1 Å². The Morgan fingerprint density at radius 1 is 1.20 bits per heavy atom. The Labute approximate surface area is 185 Å². The molecule has 0 aliphatic carbocycles. The lowest BCUT2D eigenvalue weighted by molar-refractivity contribution is -0.119. The molecule has 30 heavy (non-hydrogen) atoms. The van der Waals surface area contributed by atoms with E-state index in [9.17, 15) is 9.18 Å². The van der Waals surface area contributed by atoms with Gasteiger partial charge in [0.2, 0.25) is 5.91 Å². The summed E-state index contributed by atoms with van der Waals surface area (Å²) in [5.41, 5.74) is 1.64. The van der Waals surface area contributed by atoms with E-state index >= 15 is 0 Å². The molecule has 5 nitrogen and oxygen atoms in total. The predicted octanol–water partition coefficient (Wildman–Crippen LogP) is 5.12. The molecule has 0 saturated heterocycles. The van der Waals surface area contributed by atoms with Gasteiger partial charge >= 0.3 is 0 Å². The first-order chi connectivity index (χ1) is 14.6. The zero-order valence-electron chi connectivity index (χ0n) is 15.5. The summed E-state index contributed by atoms with van der Waals surface area (Å²) in [4.78, 5) is 13.7. The molecule has 152 valence electrons. The van der Waals surface area contributed by atoms with Gasteiger partial charge in [0, 0.05) is 9.90 Å². The van der Waals surface area contributed by atoms with Crippen molar-refractivity contribution in [3.05, 3.63) is 93.7 Å². The quantitative estimate of drug-likeness (QED) is 0.390. The fourth-order valence-corrected chi connectivity index (χ4v) is 4.62. The molecule has 2 heterocycles. The monoisotopic (exact) mass is 458 g/mol. The van der Waals surface area contributed by atoms with Crippen molar-refractivity contribution >= 4 is 40.6 Å². The van der Waals surface area contributed by atoms with E-state index in [2.05, 4.69) is 15.5 Å². The van der Waals surface area contributed by atoms with Crippen LogP contribution in [-0.2, 0) is 4.79 Å². The molecule has 0 fully saturated rings. The van der Waals surface area contributed by atoms with Crippen LogP contribution in [0.3, 0.4) is 0 Å². The Hall–Kier alpha value is -2.68. The number of benzene rings is 2. The second-order valence-electron chi connectivity index (χ2n) is 6.32. The lowest BCUT2D eigenvalue weighted by Gasteiger charge is -2.18. The Morgan fingerprint density at radius 2 is 2.03 bits per heavy atom. The number of carbonyl (C=O) groups excluding carboxylic acids is 1. The van der Waals surface area contributed by atoms with Gasteiger partial charge in [-0.25, -0.2) is 4.39 Å². The van der Waals surface area contributed by atoms with Gasteiger partial charge in [-0.05, 0) is 47.3 Å². The minimum absolute atomic E-state index is 0.155. The van der Waals surface area contributed by atoms with Crippen LogP contribution in [0.4, 0.5) is 4.39 Å². The van der Waals surface area contributed by atoms with E-state index in [4.69, 9.17) is 11.6 Å². The summed E-state index contributed by atoms with van der Waals surface area (Å²) in [7, 11) is 0. The highest BCUT2D eigenvalue weighted by Gasteiger charge is 2.19. The number of amides is 1. The average molecular weight is 459 g/mol. The Kier molecular flexibility index (Phi) is 6.47. The highest BCUT2D eigenvalue weighted by Crippen LogP contribution is 2.27. The van der Waals surface area contributed by atoms with Gasteiger partial charge in [-0.1, -0.05) is 47.6 Å². The maximum atomic E-state index is 13.3. The molecule has 0 spiro atoms. The lowest BCUT2D eigenvalue weighted by Crippen LogP contribution is -2.30. The summed E-state index contributed by atoms with van der Waals surface area (Å²) in [5, 5.41) is 14.2. The second-order valence-corrected chi connectivity index (χ2v) is 8.68. The number of thioether (sulfide) groups is 1. The zero-order valence-corrected chi connectivity index (χ0v) is 17.9. The molecular formula is C21H16ClFN4OS2. The second kappa shape index (κ2) is 9.42. The molecule has 1 atom stereocenters. The zero-order chi connectivity index (χ0) is 20.9. The number of hydrogen-bond donors (Lipinski definition) is 1. The summed E-state index contributed by atoms with van der Waals surface area (Å²) in [6.45, 7) is 0. The number of aromatic nitrogens is 3. The van der Waals surface area contributed by atoms with Gasteiger partial charge in [0.05, 0.1) is 17.5 Å². The Morgan fingerprint density at radius 3 is 2.77 bits per heavy atom. The van der Waals surface area contributed by atoms with Crippen LogP contribution in [0.25, 0.3) is 5.69 Å². The van der Waals surface area contributed by atoms with E-state index in [1.807, 2.05) is 29.6 Å². The highest BCUT2D eigenvalue weighted by molar-refractivity contribution is 7.99. The van der Waals surface area contributed by atoms with Gasteiger partial charge in [0.25, 0.3) is 0 Å². The van der Waals surface area contributed by atoms with Crippen LogP contribution >= 0.6 is 34.7 Å². The van der Waals surface area contributed by atoms with E-state index in [1.54, 1.807) is 35.2 Å². The van der Waals surface area contributed by atoms with Crippen molar-refractivity contribution in [2.75, 3.05) is 5.75 Å². The normalized spacial score (nSPS) is 11.9. The summed E-state index contributed by atoms with van der Waals surface area (Å²) >= 11 is 8.88. The predicted molar refractivity (Wildman–Crippen MR) is 118 cm³/mol. The summed E-state index contributed by atoms with van der Waals surface area (Å²) in [6, 6.07) is 17.0. The first-order valence-corrected chi connectivity index (χ1v) is 11.2. The van der Waals surface area contributed by atoms with Crippen LogP contribution in [0.15, 0.2) is 77.5 Å². The van der Waals surface area contributed by atoms with E-state index < -0.39 is 0 Å². The molecule has 9 heteroatoms. The lowest BCUT2D eigenvalue weighted by atomic mass is 10.1. The largest absolute Gasteiger partial charge is 0.344 e. The van der Waals surface area contributed by atoms with Crippen LogP contribution in [0.5, 0.6) is 0 Å². The number of rotatable bonds is 7. The van der Waals surface area contributed by atoms with Crippen LogP contribution in [0.1, 0.15) is 16.5 Å². The molecule has 2 aromatic heterocycles. The smallest absolute Gasteiger partial charge is 0.231 e. The molecule has 4 rings (SSSR count). The maximum Gasteiger partial charge on any atom is 0.231 e. The number of thiophene rings is 1. The van der Waals surface area contributed by atoms with Crippen LogP contribution in [0.2, 0.25) is 5.02 Å². The number of carbonyl (C=O) groups is 1. The maximum absolute atomic E-state index is 13.3. The SMILES string of the molecule is O=C(CSc1nncn1-c1cccc(Cl)c1)N[C@@H](c1ccc(F)cc1)c1cccs1. The highest BCUT2D eigenvalue weighted by atomic mass is 35.5. The van der Waals surface area contributed by atoms with Crippen molar-refractivity contribution in [1.82, 2.24) is 20.1 Å². The van der Waals surface area contributed by atoms with Gasteiger partial charge < -0.3 is 5.32 Å². The van der Waals surface area contributed by atoms with Gasteiger partial charge in [-0.3, -0.25) is 9.36 Å². The third-order valence-corrected chi connectivity index (χ3v) is 6.39. The number of hydrogen-bond acceptors (Lipinski definition) is 5. The van der Waals surface area contributed by atoms with Crippen molar-refractivity contribution < 1.29 is 9.18 Å². The molecule has 4 aromatic rings. The van der Waals surface area contributed by atoms with Gasteiger partial charge in [-0.2, -0.15) is 0 Å².